The summed E-state index contributed by atoms with van der Waals surface area (Å²) >= 11 is 0. The molecule has 2 unspecified atom stereocenters. The Labute approximate surface area is 138 Å². The lowest BCUT2D eigenvalue weighted by molar-refractivity contribution is -0.00572. The van der Waals surface area contributed by atoms with Crippen molar-refractivity contribution in [2.45, 2.75) is 65.0 Å². The highest BCUT2D eigenvalue weighted by atomic mass is 16.7. The molecule has 2 atom stereocenters. The Morgan fingerprint density at radius 3 is 1.96 bits per heavy atom. The fraction of sp³-hybridized carbons (Fsp3) is 0.750. The Kier molecular flexibility index (Phi) is 4.15. The Balaban J connectivity index is 1.73. The molecule has 0 saturated carbocycles. The zero-order chi connectivity index (χ0) is 16.8. The average molecular weight is 319 g/mol. The van der Waals surface area contributed by atoms with E-state index in [1.54, 1.807) is 12.4 Å². The van der Waals surface area contributed by atoms with Crippen LogP contribution >= 0.6 is 0 Å². The smallest absolute Gasteiger partial charge is 0.399 e. The number of anilines is 1. The second kappa shape index (κ2) is 5.72. The van der Waals surface area contributed by atoms with Crippen LogP contribution in [0.4, 0.5) is 5.95 Å². The summed E-state index contributed by atoms with van der Waals surface area (Å²) in [5, 5.41) is 0. The van der Waals surface area contributed by atoms with E-state index in [0.717, 1.165) is 24.5 Å². The third kappa shape index (κ3) is 3.23. The van der Waals surface area contributed by atoms with E-state index < -0.39 is 7.12 Å². The van der Waals surface area contributed by atoms with Gasteiger partial charge >= 0.3 is 7.12 Å². The Hall–Kier alpha value is -1.18. The van der Waals surface area contributed by atoms with E-state index in [1.165, 1.54) is 0 Å². The third-order valence-electron chi connectivity index (χ3n) is 4.89. The molecule has 126 valence electrons. The van der Waals surface area contributed by atoms with Gasteiger partial charge in [0.15, 0.2) is 0 Å². The summed E-state index contributed by atoms with van der Waals surface area (Å²) in [6, 6.07) is 0. The molecule has 23 heavy (non-hydrogen) atoms. The molecule has 3 heterocycles. The van der Waals surface area contributed by atoms with Crippen molar-refractivity contribution in [3.8, 4) is 0 Å². The minimum atomic E-state index is -0.420. The lowest BCUT2D eigenvalue weighted by Gasteiger charge is -2.35. The first-order valence-corrected chi connectivity index (χ1v) is 8.26. The van der Waals surface area contributed by atoms with Gasteiger partial charge in [-0.05, 0) is 41.5 Å². The van der Waals surface area contributed by atoms with Crippen LogP contribution in [-0.4, -0.2) is 53.6 Å². The molecule has 3 rings (SSSR count). The van der Waals surface area contributed by atoms with Gasteiger partial charge < -0.3 is 18.9 Å². The van der Waals surface area contributed by atoms with E-state index >= 15 is 0 Å². The van der Waals surface area contributed by atoms with Crippen molar-refractivity contribution >= 4 is 18.5 Å². The number of ether oxygens (including phenoxy) is 1. The number of hydrogen-bond donors (Lipinski definition) is 0. The predicted octanol–water partition coefficient (Wildman–Crippen LogP) is 1.39. The van der Waals surface area contributed by atoms with Gasteiger partial charge in [0.1, 0.15) is 0 Å². The van der Waals surface area contributed by atoms with Gasteiger partial charge in [0.05, 0.1) is 23.4 Å². The van der Waals surface area contributed by atoms with Crippen LogP contribution in [0.3, 0.4) is 0 Å². The van der Waals surface area contributed by atoms with Crippen molar-refractivity contribution in [2.24, 2.45) is 0 Å². The van der Waals surface area contributed by atoms with Crippen molar-refractivity contribution in [1.29, 1.82) is 0 Å². The highest BCUT2D eigenvalue weighted by Gasteiger charge is 2.52. The van der Waals surface area contributed by atoms with Crippen LogP contribution in [0.25, 0.3) is 0 Å². The van der Waals surface area contributed by atoms with Crippen LogP contribution in [0.2, 0.25) is 0 Å². The molecule has 0 bridgehead atoms. The highest BCUT2D eigenvalue weighted by Crippen LogP contribution is 2.36. The molecule has 1 aromatic heterocycles. The molecule has 0 aromatic carbocycles. The van der Waals surface area contributed by atoms with Crippen LogP contribution in [0.5, 0.6) is 0 Å². The van der Waals surface area contributed by atoms with Gasteiger partial charge in [0, 0.05) is 30.9 Å². The summed E-state index contributed by atoms with van der Waals surface area (Å²) < 4.78 is 17.8. The van der Waals surface area contributed by atoms with Gasteiger partial charge in [-0.2, -0.15) is 0 Å². The van der Waals surface area contributed by atoms with E-state index in [9.17, 15) is 0 Å². The van der Waals surface area contributed by atoms with Crippen LogP contribution < -0.4 is 10.4 Å². The molecular formula is C16H26BN3O3. The molecular weight excluding hydrogens is 293 g/mol. The zero-order valence-electron chi connectivity index (χ0n) is 14.9. The summed E-state index contributed by atoms with van der Waals surface area (Å²) in [5.41, 5.74) is 0.137. The molecule has 0 N–H and O–H groups in total. The molecule has 0 amide bonds. The Morgan fingerprint density at radius 1 is 1.00 bits per heavy atom. The maximum absolute atomic E-state index is 6.03. The van der Waals surface area contributed by atoms with Crippen LogP contribution in [0.1, 0.15) is 41.5 Å². The topological polar surface area (TPSA) is 56.7 Å². The van der Waals surface area contributed by atoms with Gasteiger partial charge in [-0.15, -0.1) is 0 Å². The summed E-state index contributed by atoms with van der Waals surface area (Å²) in [6.45, 7) is 13.9. The number of rotatable bonds is 2. The SMILES string of the molecule is CC1CN(c2ncc(B3OC(C)(C)C(C)(C)O3)cn2)CC(C)O1. The first-order chi connectivity index (χ1) is 10.7. The quantitative estimate of drug-likeness (QED) is 0.768. The summed E-state index contributed by atoms with van der Waals surface area (Å²) in [4.78, 5) is 11.2. The second-order valence-corrected chi connectivity index (χ2v) is 7.57. The Bertz CT molecular complexity index is 538. The van der Waals surface area contributed by atoms with Gasteiger partial charge in [0.2, 0.25) is 5.95 Å². The van der Waals surface area contributed by atoms with Gasteiger partial charge in [-0.1, -0.05) is 0 Å². The van der Waals surface area contributed by atoms with Crippen molar-refractivity contribution in [3.05, 3.63) is 12.4 Å². The third-order valence-corrected chi connectivity index (χ3v) is 4.89. The largest absolute Gasteiger partial charge is 0.498 e. The zero-order valence-corrected chi connectivity index (χ0v) is 14.9. The van der Waals surface area contributed by atoms with Gasteiger partial charge in [-0.25, -0.2) is 9.97 Å². The maximum Gasteiger partial charge on any atom is 0.498 e. The van der Waals surface area contributed by atoms with E-state index in [1.807, 2.05) is 27.7 Å². The fourth-order valence-corrected chi connectivity index (χ4v) is 2.94. The van der Waals surface area contributed by atoms with Crippen LogP contribution in [-0.2, 0) is 14.0 Å². The average Bonchev–Trinajstić information content (AvgIpc) is 2.66. The maximum atomic E-state index is 6.03. The molecule has 7 heteroatoms. The molecule has 0 aliphatic carbocycles. The van der Waals surface area contributed by atoms with Crippen molar-refractivity contribution < 1.29 is 14.0 Å². The van der Waals surface area contributed by atoms with E-state index in [0.29, 0.717) is 0 Å². The van der Waals surface area contributed by atoms with Crippen molar-refractivity contribution in [1.82, 2.24) is 9.97 Å². The summed E-state index contributed by atoms with van der Waals surface area (Å²) in [5.74, 6) is 0.729. The number of hydrogen-bond acceptors (Lipinski definition) is 6. The molecule has 2 aliphatic rings. The molecule has 0 radical (unpaired) electrons. The minimum absolute atomic E-state index is 0.185. The van der Waals surface area contributed by atoms with Crippen molar-refractivity contribution in [2.75, 3.05) is 18.0 Å². The first-order valence-electron chi connectivity index (χ1n) is 8.26. The minimum Gasteiger partial charge on any atom is -0.399 e. The number of aromatic nitrogens is 2. The molecule has 2 fully saturated rings. The first kappa shape index (κ1) is 16.7. The van der Waals surface area contributed by atoms with E-state index in [4.69, 9.17) is 14.0 Å². The Morgan fingerprint density at radius 2 is 1.48 bits per heavy atom. The number of nitrogens with zero attached hydrogens (tertiary/aromatic N) is 3. The monoisotopic (exact) mass is 319 g/mol. The van der Waals surface area contributed by atoms with E-state index in [2.05, 4.69) is 28.7 Å². The summed E-state index contributed by atoms with van der Waals surface area (Å²) in [6.07, 6.45) is 3.97. The lowest BCUT2D eigenvalue weighted by Crippen LogP contribution is -2.46. The second-order valence-electron chi connectivity index (χ2n) is 7.57. The molecule has 2 aliphatic heterocycles. The predicted molar refractivity (Wildman–Crippen MR) is 90.0 cm³/mol. The van der Waals surface area contributed by atoms with Crippen LogP contribution in [0.15, 0.2) is 12.4 Å². The normalized spacial score (nSPS) is 29.8. The van der Waals surface area contributed by atoms with Crippen molar-refractivity contribution in [3.63, 3.8) is 0 Å². The van der Waals surface area contributed by atoms with E-state index in [-0.39, 0.29) is 23.4 Å². The molecule has 0 spiro atoms. The molecule has 2 saturated heterocycles. The van der Waals surface area contributed by atoms with Crippen LogP contribution in [0, 0.1) is 0 Å². The molecule has 1 aromatic rings. The number of morpholine rings is 1. The standard InChI is InChI=1S/C16H26BN3O3/c1-11-9-20(10-12(2)21-11)14-18-7-13(8-19-14)17-22-15(3,4)16(5,6)23-17/h7-8,11-12H,9-10H2,1-6H3. The fourth-order valence-electron chi connectivity index (χ4n) is 2.94. The highest BCUT2D eigenvalue weighted by molar-refractivity contribution is 6.61. The molecule has 6 nitrogen and oxygen atoms in total. The van der Waals surface area contributed by atoms with Gasteiger partial charge in [-0.3, -0.25) is 0 Å². The lowest BCUT2D eigenvalue weighted by atomic mass is 9.81. The summed E-state index contributed by atoms with van der Waals surface area (Å²) in [7, 11) is -0.420. The van der Waals surface area contributed by atoms with Gasteiger partial charge in [0.25, 0.3) is 0 Å².